The van der Waals surface area contributed by atoms with Crippen LogP contribution in [0.5, 0.6) is 0 Å². The van der Waals surface area contributed by atoms with Gasteiger partial charge in [0.05, 0.1) is 17.2 Å². The normalized spacial score (nSPS) is 12.2. The smallest absolute Gasteiger partial charge is 0.242 e. The number of nitrogens with one attached hydrogen (secondary N) is 3. The Balaban J connectivity index is 2.59. The molecule has 1 rings (SSSR count). The molecule has 1 aromatic heterocycles. The molecular weight excluding hydrogens is 298 g/mol. The third-order valence-electron chi connectivity index (χ3n) is 2.66. The van der Waals surface area contributed by atoms with E-state index >= 15 is 0 Å². The number of rotatable bonds is 5. The summed E-state index contributed by atoms with van der Waals surface area (Å²) in [5.74, 6) is 0.548. The zero-order chi connectivity index (χ0) is 16.8. The molecule has 0 aliphatic rings. The minimum absolute atomic E-state index is 0.0884. The topological polar surface area (TPSA) is 78.4 Å². The van der Waals surface area contributed by atoms with Crippen LogP contribution in [0.3, 0.4) is 0 Å². The number of aromatic nitrogens is 1. The van der Waals surface area contributed by atoms with Gasteiger partial charge in [-0.1, -0.05) is 0 Å². The molecule has 0 aliphatic heterocycles. The summed E-state index contributed by atoms with van der Waals surface area (Å²) in [4.78, 5) is 21.7. The van der Waals surface area contributed by atoms with Gasteiger partial charge < -0.3 is 16.0 Å². The van der Waals surface area contributed by atoms with Crippen LogP contribution in [0.1, 0.15) is 43.3 Å². The van der Waals surface area contributed by atoms with Gasteiger partial charge in [0.25, 0.3) is 0 Å². The Hall–Kier alpha value is -1.63. The van der Waals surface area contributed by atoms with Gasteiger partial charge in [0.2, 0.25) is 5.91 Å². The number of aliphatic imine (C=N–C) groups is 1. The molecule has 0 fully saturated rings. The Morgan fingerprint density at radius 3 is 2.45 bits per heavy atom. The van der Waals surface area contributed by atoms with Crippen molar-refractivity contribution < 1.29 is 4.79 Å². The number of hydrogen-bond donors (Lipinski definition) is 3. The minimum atomic E-state index is -0.240. The molecule has 0 aliphatic carbocycles. The fourth-order valence-electron chi connectivity index (χ4n) is 1.85. The van der Waals surface area contributed by atoms with Gasteiger partial charge in [0.15, 0.2) is 5.96 Å². The first-order valence-corrected chi connectivity index (χ1v) is 8.29. The van der Waals surface area contributed by atoms with Gasteiger partial charge in [-0.2, -0.15) is 0 Å². The number of aryl methyl sites for hydroxylation is 2. The van der Waals surface area contributed by atoms with E-state index in [-0.39, 0.29) is 18.0 Å². The van der Waals surface area contributed by atoms with Crippen LogP contribution in [-0.2, 0) is 11.3 Å². The first kappa shape index (κ1) is 18.4. The van der Waals surface area contributed by atoms with E-state index in [4.69, 9.17) is 0 Å². The summed E-state index contributed by atoms with van der Waals surface area (Å²) in [5.41, 5.74) is 0.798. The Morgan fingerprint density at radius 1 is 1.27 bits per heavy atom. The van der Waals surface area contributed by atoms with Crippen molar-refractivity contribution in [3.05, 3.63) is 15.6 Å². The first-order chi connectivity index (χ1) is 10.2. The lowest BCUT2D eigenvalue weighted by molar-refractivity contribution is -0.121. The second-order valence-electron chi connectivity index (χ2n) is 6.09. The lowest BCUT2D eigenvalue weighted by Gasteiger charge is -2.20. The Labute approximate surface area is 136 Å². The second-order valence-corrected chi connectivity index (χ2v) is 7.38. The molecule has 0 unspecified atom stereocenters. The van der Waals surface area contributed by atoms with Gasteiger partial charge in [-0.25, -0.2) is 9.98 Å². The van der Waals surface area contributed by atoms with Crippen LogP contribution in [0, 0.1) is 13.8 Å². The predicted octanol–water partition coefficient (Wildman–Crippen LogP) is 1.73. The van der Waals surface area contributed by atoms with Crippen LogP contribution < -0.4 is 16.0 Å². The molecule has 3 N–H and O–H groups in total. The molecule has 0 saturated heterocycles. The zero-order valence-corrected chi connectivity index (χ0v) is 15.1. The largest absolute Gasteiger partial charge is 0.357 e. The van der Waals surface area contributed by atoms with E-state index in [2.05, 4.69) is 25.9 Å². The van der Waals surface area contributed by atoms with Crippen molar-refractivity contribution >= 4 is 23.2 Å². The number of amides is 1. The predicted molar refractivity (Wildman–Crippen MR) is 92.3 cm³/mol. The minimum Gasteiger partial charge on any atom is -0.357 e. The van der Waals surface area contributed by atoms with E-state index in [0.29, 0.717) is 12.5 Å². The van der Waals surface area contributed by atoms with E-state index < -0.39 is 0 Å². The third kappa shape index (κ3) is 6.89. The van der Waals surface area contributed by atoms with Crippen LogP contribution in [0.25, 0.3) is 0 Å². The highest BCUT2D eigenvalue weighted by Gasteiger charge is 2.13. The van der Waals surface area contributed by atoms with Crippen molar-refractivity contribution in [2.45, 2.75) is 53.6 Å². The van der Waals surface area contributed by atoms with E-state index in [1.165, 1.54) is 4.88 Å². The van der Waals surface area contributed by atoms with Crippen LogP contribution in [0.4, 0.5) is 0 Å². The quantitative estimate of drug-likeness (QED) is 0.569. The SMILES string of the molecule is CCNC(=NCC(=O)NC(C)(C)C)NCc1sc(C)nc1C. The Morgan fingerprint density at radius 2 is 1.95 bits per heavy atom. The molecule has 0 radical (unpaired) electrons. The average Bonchev–Trinajstić information content (AvgIpc) is 2.69. The van der Waals surface area contributed by atoms with Gasteiger partial charge in [-0.15, -0.1) is 11.3 Å². The number of carbonyl (C=O) groups is 1. The van der Waals surface area contributed by atoms with Gasteiger partial charge in [0.1, 0.15) is 6.54 Å². The maximum Gasteiger partial charge on any atom is 0.242 e. The standard InChI is InChI=1S/C15H27N5OS/c1-7-16-14(18-9-13(21)20-15(4,5)6)17-8-12-10(2)19-11(3)22-12/h7-9H2,1-6H3,(H,20,21)(H2,16,17,18). The maximum atomic E-state index is 11.8. The summed E-state index contributed by atoms with van der Waals surface area (Å²) >= 11 is 1.67. The Kier molecular flexibility index (Phi) is 6.80. The molecule has 0 atom stereocenters. The second kappa shape index (κ2) is 8.12. The summed E-state index contributed by atoms with van der Waals surface area (Å²) in [6.45, 7) is 13.4. The van der Waals surface area contributed by atoms with Crippen molar-refractivity contribution in [1.82, 2.24) is 20.9 Å². The van der Waals surface area contributed by atoms with Crippen LogP contribution >= 0.6 is 11.3 Å². The number of carbonyl (C=O) groups excluding carboxylic acids is 1. The van der Waals surface area contributed by atoms with E-state index in [1.807, 2.05) is 41.5 Å². The Bertz CT molecular complexity index is 531. The summed E-state index contributed by atoms with van der Waals surface area (Å²) in [6, 6.07) is 0. The van der Waals surface area contributed by atoms with Crippen molar-refractivity contribution in [2.24, 2.45) is 4.99 Å². The van der Waals surface area contributed by atoms with E-state index in [1.54, 1.807) is 11.3 Å². The van der Waals surface area contributed by atoms with Gasteiger partial charge in [0, 0.05) is 17.0 Å². The van der Waals surface area contributed by atoms with Crippen LogP contribution in [0.2, 0.25) is 0 Å². The monoisotopic (exact) mass is 325 g/mol. The molecule has 22 heavy (non-hydrogen) atoms. The van der Waals surface area contributed by atoms with Crippen LogP contribution in [-0.4, -0.2) is 35.5 Å². The molecule has 0 aromatic carbocycles. The summed E-state index contributed by atoms with van der Waals surface area (Å²) in [7, 11) is 0. The summed E-state index contributed by atoms with van der Waals surface area (Å²) < 4.78 is 0. The molecule has 1 amide bonds. The molecule has 1 aromatic rings. The van der Waals surface area contributed by atoms with Gasteiger partial charge >= 0.3 is 0 Å². The zero-order valence-electron chi connectivity index (χ0n) is 14.3. The maximum absolute atomic E-state index is 11.8. The molecule has 0 spiro atoms. The van der Waals surface area contributed by atoms with Gasteiger partial charge in [-0.05, 0) is 41.5 Å². The third-order valence-corrected chi connectivity index (χ3v) is 3.73. The van der Waals surface area contributed by atoms with Crippen molar-refractivity contribution in [1.29, 1.82) is 0 Å². The summed E-state index contributed by atoms with van der Waals surface area (Å²) in [5, 5.41) is 10.3. The molecule has 1 heterocycles. The molecule has 0 bridgehead atoms. The number of nitrogens with zero attached hydrogens (tertiary/aromatic N) is 2. The molecule has 7 heteroatoms. The van der Waals surface area contributed by atoms with E-state index in [0.717, 1.165) is 17.2 Å². The molecule has 0 saturated carbocycles. The molecule has 6 nitrogen and oxygen atoms in total. The van der Waals surface area contributed by atoms with E-state index in [9.17, 15) is 4.79 Å². The summed E-state index contributed by atoms with van der Waals surface area (Å²) in [6.07, 6.45) is 0. The van der Waals surface area contributed by atoms with Gasteiger partial charge in [-0.3, -0.25) is 4.79 Å². The highest BCUT2D eigenvalue weighted by Crippen LogP contribution is 2.16. The highest BCUT2D eigenvalue weighted by atomic mass is 32.1. The molecular formula is C15H27N5OS. The fraction of sp³-hybridized carbons (Fsp3) is 0.667. The highest BCUT2D eigenvalue weighted by molar-refractivity contribution is 7.11. The fourth-order valence-corrected chi connectivity index (χ4v) is 2.73. The van der Waals surface area contributed by atoms with Crippen molar-refractivity contribution in [2.75, 3.05) is 13.1 Å². The lowest BCUT2D eigenvalue weighted by Crippen LogP contribution is -2.43. The van der Waals surface area contributed by atoms with Crippen molar-refractivity contribution in [3.8, 4) is 0 Å². The van der Waals surface area contributed by atoms with Crippen LogP contribution in [0.15, 0.2) is 4.99 Å². The van der Waals surface area contributed by atoms with Crippen molar-refractivity contribution in [3.63, 3.8) is 0 Å². The number of hydrogen-bond acceptors (Lipinski definition) is 4. The lowest BCUT2D eigenvalue weighted by atomic mass is 10.1. The number of thiazole rings is 1. The average molecular weight is 325 g/mol. The first-order valence-electron chi connectivity index (χ1n) is 7.47. The number of guanidine groups is 1. The molecule has 124 valence electrons.